The van der Waals surface area contributed by atoms with E-state index in [0.29, 0.717) is 6.54 Å². The summed E-state index contributed by atoms with van der Waals surface area (Å²) in [6.07, 6.45) is 5.32. The summed E-state index contributed by atoms with van der Waals surface area (Å²) in [5, 5.41) is 9.55. The number of aliphatic carboxylic acids is 1. The van der Waals surface area contributed by atoms with E-state index in [2.05, 4.69) is 0 Å². The molecule has 0 bridgehead atoms. The summed E-state index contributed by atoms with van der Waals surface area (Å²) in [5.41, 5.74) is 0.916. The van der Waals surface area contributed by atoms with Crippen LogP contribution in [0.25, 0.3) is 0 Å². The monoisotopic (exact) mass is 388 g/mol. The highest BCUT2D eigenvalue weighted by molar-refractivity contribution is 6.01. The fourth-order valence-electron chi connectivity index (χ4n) is 4.08. The first-order chi connectivity index (χ1) is 13.5. The lowest BCUT2D eigenvalue weighted by molar-refractivity contribution is -0.148. The number of carboxylic acids is 1. The van der Waals surface area contributed by atoms with E-state index in [0.717, 1.165) is 36.1 Å². The van der Waals surface area contributed by atoms with Crippen molar-refractivity contribution < 1.29 is 19.5 Å². The maximum Gasteiger partial charge on any atom is 0.328 e. The van der Waals surface area contributed by atoms with Crippen molar-refractivity contribution >= 4 is 17.9 Å². The van der Waals surface area contributed by atoms with Gasteiger partial charge in [-0.2, -0.15) is 0 Å². The van der Waals surface area contributed by atoms with Gasteiger partial charge < -0.3 is 10.0 Å². The lowest BCUT2D eigenvalue weighted by Gasteiger charge is -2.30. The van der Waals surface area contributed by atoms with Crippen LogP contribution in [0.3, 0.4) is 0 Å². The summed E-state index contributed by atoms with van der Waals surface area (Å²) < 4.78 is 0. The van der Waals surface area contributed by atoms with Crippen molar-refractivity contribution in [3.05, 3.63) is 35.9 Å². The van der Waals surface area contributed by atoms with Gasteiger partial charge in [-0.05, 0) is 24.3 Å². The summed E-state index contributed by atoms with van der Waals surface area (Å²) in [4.78, 5) is 39.9. The minimum atomic E-state index is -1.13. The summed E-state index contributed by atoms with van der Waals surface area (Å²) >= 11 is 0. The summed E-state index contributed by atoms with van der Waals surface area (Å²) in [6, 6.07) is 7.81. The van der Waals surface area contributed by atoms with E-state index >= 15 is 0 Å². The zero-order valence-electron chi connectivity index (χ0n) is 17.1. The van der Waals surface area contributed by atoms with Crippen molar-refractivity contribution in [1.82, 2.24) is 9.80 Å². The number of carbonyl (C=O) groups is 3. The zero-order valence-corrected chi connectivity index (χ0v) is 17.1. The molecule has 2 atom stereocenters. The Morgan fingerprint density at radius 2 is 1.71 bits per heavy atom. The molecule has 3 amide bonds. The van der Waals surface area contributed by atoms with Gasteiger partial charge in [0.2, 0.25) is 5.91 Å². The van der Waals surface area contributed by atoms with Crippen LogP contribution in [0.5, 0.6) is 0 Å². The number of benzene rings is 1. The number of nitrogens with zero attached hydrogens (tertiary/aromatic N) is 2. The second-order valence-corrected chi connectivity index (χ2v) is 7.40. The van der Waals surface area contributed by atoms with E-state index in [4.69, 9.17) is 0 Å². The molecule has 3 rings (SSSR count). The van der Waals surface area contributed by atoms with Gasteiger partial charge in [0, 0.05) is 12.5 Å². The maximum atomic E-state index is 13.0. The van der Waals surface area contributed by atoms with Gasteiger partial charge >= 0.3 is 12.0 Å². The quantitative estimate of drug-likeness (QED) is 0.822. The van der Waals surface area contributed by atoms with E-state index in [1.165, 1.54) is 11.3 Å². The fraction of sp³-hybridized carbons (Fsp3) is 0.591. The molecule has 0 aromatic heterocycles. The molecule has 1 aliphatic heterocycles. The highest BCUT2D eigenvalue weighted by Gasteiger charge is 2.47. The molecule has 6 nitrogen and oxygen atoms in total. The molecule has 2 fully saturated rings. The first kappa shape index (κ1) is 21.9. The van der Waals surface area contributed by atoms with Crippen LogP contribution >= 0.6 is 0 Å². The molecule has 1 heterocycles. The van der Waals surface area contributed by atoms with Gasteiger partial charge in [-0.3, -0.25) is 4.79 Å². The average molecular weight is 389 g/mol. The summed E-state index contributed by atoms with van der Waals surface area (Å²) in [6.45, 7) is 6.18. The SMILES string of the molecule is CC.CC(C(=O)N1C(=O)N(Cc2ccccc2)CC1C(=O)O)C1CCCCC1. The molecule has 28 heavy (non-hydrogen) atoms. The number of imide groups is 1. The van der Waals surface area contributed by atoms with Gasteiger partial charge in [0.1, 0.15) is 0 Å². The number of hydrogen-bond donors (Lipinski definition) is 1. The minimum absolute atomic E-state index is 0.0339. The highest BCUT2D eigenvalue weighted by Crippen LogP contribution is 2.32. The van der Waals surface area contributed by atoms with Gasteiger partial charge in [0.25, 0.3) is 0 Å². The number of amides is 3. The van der Waals surface area contributed by atoms with Crippen molar-refractivity contribution in [2.75, 3.05) is 6.54 Å². The Bertz CT molecular complexity index is 670. The predicted octanol–water partition coefficient (Wildman–Crippen LogP) is 4.15. The van der Waals surface area contributed by atoms with Crippen LogP contribution in [0.15, 0.2) is 30.3 Å². The zero-order chi connectivity index (χ0) is 20.7. The van der Waals surface area contributed by atoms with E-state index in [-0.39, 0.29) is 24.3 Å². The molecular formula is C22H32N2O4. The van der Waals surface area contributed by atoms with Gasteiger partial charge in [-0.25, -0.2) is 14.5 Å². The fourth-order valence-corrected chi connectivity index (χ4v) is 4.08. The first-order valence-electron chi connectivity index (χ1n) is 10.4. The summed E-state index contributed by atoms with van der Waals surface area (Å²) in [7, 11) is 0. The second-order valence-electron chi connectivity index (χ2n) is 7.40. The molecule has 0 radical (unpaired) electrons. The molecule has 1 aromatic carbocycles. The van der Waals surface area contributed by atoms with Crippen LogP contribution in [0, 0.1) is 11.8 Å². The lowest BCUT2D eigenvalue weighted by atomic mass is 9.80. The molecule has 6 heteroatoms. The molecular weight excluding hydrogens is 356 g/mol. The van der Waals surface area contributed by atoms with Gasteiger partial charge in [0.05, 0.1) is 6.54 Å². The van der Waals surface area contributed by atoms with Gasteiger partial charge in [-0.15, -0.1) is 0 Å². The van der Waals surface area contributed by atoms with E-state index < -0.39 is 18.0 Å². The number of carbonyl (C=O) groups excluding carboxylic acids is 2. The third kappa shape index (κ3) is 4.91. The minimum Gasteiger partial charge on any atom is -0.480 e. The van der Waals surface area contributed by atoms with E-state index in [1.54, 1.807) is 0 Å². The third-order valence-electron chi connectivity index (χ3n) is 5.67. The van der Waals surface area contributed by atoms with Crippen LogP contribution in [-0.2, 0) is 16.1 Å². The molecule has 1 saturated carbocycles. The Labute approximate surface area is 167 Å². The Morgan fingerprint density at radius 3 is 2.29 bits per heavy atom. The van der Waals surface area contributed by atoms with Gasteiger partial charge in [-0.1, -0.05) is 70.4 Å². The van der Waals surface area contributed by atoms with Crippen molar-refractivity contribution in [1.29, 1.82) is 0 Å². The summed E-state index contributed by atoms with van der Waals surface area (Å²) in [5.74, 6) is -1.55. The van der Waals surface area contributed by atoms with Crippen LogP contribution in [-0.4, -0.2) is 45.4 Å². The molecule has 1 saturated heterocycles. The van der Waals surface area contributed by atoms with Gasteiger partial charge in [0.15, 0.2) is 6.04 Å². The largest absolute Gasteiger partial charge is 0.480 e. The number of urea groups is 1. The topological polar surface area (TPSA) is 77.9 Å². The lowest BCUT2D eigenvalue weighted by Crippen LogP contribution is -2.47. The molecule has 1 N–H and O–H groups in total. The number of rotatable bonds is 5. The first-order valence-corrected chi connectivity index (χ1v) is 10.4. The Kier molecular flexibility index (Phi) is 8.03. The van der Waals surface area contributed by atoms with Crippen LogP contribution in [0.1, 0.15) is 58.4 Å². The van der Waals surface area contributed by atoms with E-state index in [9.17, 15) is 19.5 Å². The normalized spacial score (nSPS) is 21.1. The predicted molar refractivity (Wildman–Crippen MR) is 108 cm³/mol. The molecule has 154 valence electrons. The molecule has 0 spiro atoms. The van der Waals surface area contributed by atoms with Crippen LogP contribution < -0.4 is 0 Å². The highest BCUT2D eigenvalue weighted by atomic mass is 16.4. The van der Waals surface area contributed by atoms with Crippen molar-refractivity contribution in [2.24, 2.45) is 11.8 Å². The Hall–Kier alpha value is -2.37. The molecule has 2 aliphatic rings. The number of hydrogen-bond acceptors (Lipinski definition) is 3. The Balaban J connectivity index is 0.00000136. The molecule has 1 aliphatic carbocycles. The maximum absolute atomic E-state index is 13.0. The number of carboxylic acid groups (broad SMARTS) is 1. The second kappa shape index (κ2) is 10.2. The van der Waals surface area contributed by atoms with Crippen molar-refractivity contribution in [3.8, 4) is 0 Å². The standard InChI is InChI=1S/C20H26N2O4.C2H6/c1-14(16-10-6-3-7-11-16)18(23)22-17(19(24)25)13-21(20(22)26)12-15-8-4-2-5-9-15;1-2/h2,4-5,8-9,14,16-17H,3,6-7,10-13H2,1H3,(H,24,25);1-2H3. The smallest absolute Gasteiger partial charge is 0.328 e. The van der Waals surface area contributed by atoms with Crippen molar-refractivity contribution in [3.63, 3.8) is 0 Å². The molecule has 1 aromatic rings. The van der Waals surface area contributed by atoms with Crippen LogP contribution in [0.2, 0.25) is 0 Å². The average Bonchev–Trinajstić information content (AvgIpc) is 3.06. The third-order valence-corrected chi connectivity index (χ3v) is 5.67. The Morgan fingerprint density at radius 1 is 1.11 bits per heavy atom. The van der Waals surface area contributed by atoms with Crippen LogP contribution in [0.4, 0.5) is 4.79 Å². The molecule has 2 unspecified atom stereocenters. The van der Waals surface area contributed by atoms with Crippen molar-refractivity contribution in [2.45, 2.75) is 65.5 Å². The van der Waals surface area contributed by atoms with E-state index in [1.807, 2.05) is 51.1 Å².